The first-order valence-corrected chi connectivity index (χ1v) is 8.79. The van der Waals surface area contributed by atoms with E-state index in [1.165, 1.54) is 10.9 Å². The summed E-state index contributed by atoms with van der Waals surface area (Å²) in [6.45, 7) is 0.831. The zero-order valence-electron chi connectivity index (χ0n) is 13.5. The molecule has 6 heteroatoms. The third-order valence-corrected chi connectivity index (χ3v) is 4.70. The van der Waals surface area contributed by atoms with E-state index in [1.807, 2.05) is 24.4 Å². The number of para-hydroxylation sites is 1. The molecular formula is C19H18Cl2N2O2. The van der Waals surface area contributed by atoms with Gasteiger partial charge in [-0.15, -0.1) is 0 Å². The second-order valence-electron chi connectivity index (χ2n) is 5.61. The van der Waals surface area contributed by atoms with Gasteiger partial charge in [0.1, 0.15) is 10.8 Å². The van der Waals surface area contributed by atoms with Crippen LogP contribution in [0.2, 0.25) is 10.0 Å². The maximum atomic E-state index is 11.9. The van der Waals surface area contributed by atoms with E-state index in [9.17, 15) is 4.79 Å². The van der Waals surface area contributed by atoms with Gasteiger partial charge in [-0.3, -0.25) is 4.79 Å². The quantitative estimate of drug-likeness (QED) is 0.632. The Hall–Kier alpha value is -2.17. The second kappa shape index (κ2) is 8.28. The van der Waals surface area contributed by atoms with Gasteiger partial charge >= 0.3 is 0 Å². The van der Waals surface area contributed by atoms with Gasteiger partial charge in [-0.05, 0) is 30.2 Å². The first kappa shape index (κ1) is 17.6. The number of carbonyl (C=O) groups excluding carboxylic acids is 1. The molecular weight excluding hydrogens is 359 g/mol. The molecule has 2 aromatic carbocycles. The van der Waals surface area contributed by atoms with Crippen LogP contribution in [0.25, 0.3) is 10.9 Å². The molecule has 0 fully saturated rings. The summed E-state index contributed by atoms with van der Waals surface area (Å²) in [6.07, 6.45) is 3.02. The highest BCUT2D eigenvalue weighted by Crippen LogP contribution is 2.31. The highest BCUT2D eigenvalue weighted by atomic mass is 35.5. The van der Waals surface area contributed by atoms with Gasteiger partial charge in [0.05, 0.1) is 18.1 Å². The van der Waals surface area contributed by atoms with Crippen molar-refractivity contribution >= 4 is 40.0 Å². The topological polar surface area (TPSA) is 54.1 Å². The van der Waals surface area contributed by atoms with Crippen molar-refractivity contribution in [2.75, 3.05) is 13.2 Å². The van der Waals surface area contributed by atoms with Gasteiger partial charge in [-0.25, -0.2) is 0 Å². The highest BCUT2D eigenvalue weighted by molar-refractivity contribution is 6.42. The fraction of sp³-hybridized carbons (Fsp3) is 0.211. The van der Waals surface area contributed by atoms with E-state index >= 15 is 0 Å². The molecule has 4 nitrogen and oxygen atoms in total. The van der Waals surface area contributed by atoms with Crippen molar-refractivity contribution in [3.8, 4) is 5.75 Å². The van der Waals surface area contributed by atoms with Crippen molar-refractivity contribution in [1.82, 2.24) is 10.3 Å². The van der Waals surface area contributed by atoms with Crippen molar-refractivity contribution in [2.45, 2.75) is 12.8 Å². The number of ether oxygens (including phenoxy) is 1. The van der Waals surface area contributed by atoms with Gasteiger partial charge in [0.15, 0.2) is 0 Å². The van der Waals surface area contributed by atoms with Gasteiger partial charge < -0.3 is 15.0 Å². The molecule has 1 aromatic heterocycles. The Bertz CT molecular complexity index is 877. The van der Waals surface area contributed by atoms with Gasteiger partial charge in [-0.2, -0.15) is 0 Å². The summed E-state index contributed by atoms with van der Waals surface area (Å²) in [4.78, 5) is 15.2. The van der Waals surface area contributed by atoms with Crippen LogP contribution in [-0.4, -0.2) is 24.0 Å². The fourth-order valence-electron chi connectivity index (χ4n) is 2.61. The average molecular weight is 377 g/mol. The molecule has 0 aliphatic rings. The third-order valence-electron chi connectivity index (χ3n) is 3.89. The number of hydrogen-bond donors (Lipinski definition) is 2. The standard InChI is InChI=1S/C19H18Cl2N2O2/c20-15-5-3-7-17(19(15)21)25-11-9-18(24)22-10-8-13-12-23-16-6-2-1-4-14(13)16/h1-7,12,23H,8-11H2,(H,22,24). The van der Waals surface area contributed by atoms with Gasteiger partial charge in [0, 0.05) is 23.6 Å². The average Bonchev–Trinajstić information content (AvgIpc) is 3.02. The van der Waals surface area contributed by atoms with Crippen LogP contribution in [0.5, 0.6) is 5.75 Å². The van der Waals surface area contributed by atoms with E-state index in [2.05, 4.69) is 16.4 Å². The minimum absolute atomic E-state index is 0.0574. The Morgan fingerprint density at radius 2 is 1.96 bits per heavy atom. The second-order valence-corrected chi connectivity index (χ2v) is 6.40. The molecule has 3 rings (SSSR count). The number of benzene rings is 2. The maximum absolute atomic E-state index is 11.9. The van der Waals surface area contributed by atoms with Crippen LogP contribution in [-0.2, 0) is 11.2 Å². The van der Waals surface area contributed by atoms with Crippen molar-refractivity contribution in [1.29, 1.82) is 0 Å². The number of fused-ring (bicyclic) bond motifs is 1. The monoisotopic (exact) mass is 376 g/mol. The zero-order valence-corrected chi connectivity index (χ0v) is 15.0. The van der Waals surface area contributed by atoms with Gasteiger partial charge in [-0.1, -0.05) is 47.5 Å². The summed E-state index contributed by atoms with van der Waals surface area (Å²) in [5.41, 5.74) is 2.30. The first-order chi connectivity index (χ1) is 12.1. The molecule has 1 heterocycles. The summed E-state index contributed by atoms with van der Waals surface area (Å²) in [5.74, 6) is 0.429. The molecule has 25 heavy (non-hydrogen) atoms. The van der Waals surface area contributed by atoms with E-state index in [-0.39, 0.29) is 18.9 Å². The van der Waals surface area contributed by atoms with Crippen LogP contribution in [0.15, 0.2) is 48.7 Å². The minimum atomic E-state index is -0.0574. The summed E-state index contributed by atoms with van der Waals surface area (Å²) < 4.78 is 5.52. The smallest absolute Gasteiger partial charge is 0.223 e. The Morgan fingerprint density at radius 1 is 1.12 bits per heavy atom. The van der Waals surface area contributed by atoms with Crippen LogP contribution < -0.4 is 10.1 Å². The van der Waals surface area contributed by atoms with E-state index in [0.29, 0.717) is 22.3 Å². The molecule has 0 atom stereocenters. The van der Waals surface area contributed by atoms with E-state index < -0.39 is 0 Å². The lowest BCUT2D eigenvalue weighted by Gasteiger charge is -2.09. The summed E-state index contributed by atoms with van der Waals surface area (Å²) in [5, 5.41) is 4.89. The SMILES string of the molecule is O=C(CCOc1cccc(Cl)c1Cl)NCCc1c[nH]c2ccccc12. The Labute approximate surface area is 156 Å². The molecule has 2 N–H and O–H groups in total. The number of hydrogen-bond acceptors (Lipinski definition) is 2. The molecule has 0 radical (unpaired) electrons. The number of amides is 1. The molecule has 130 valence electrons. The highest BCUT2D eigenvalue weighted by Gasteiger charge is 2.08. The first-order valence-electron chi connectivity index (χ1n) is 8.03. The van der Waals surface area contributed by atoms with Gasteiger partial charge in [0.25, 0.3) is 0 Å². The molecule has 0 aliphatic heterocycles. The molecule has 0 spiro atoms. The van der Waals surface area contributed by atoms with Crippen molar-refractivity contribution < 1.29 is 9.53 Å². The zero-order chi connectivity index (χ0) is 17.6. The van der Waals surface area contributed by atoms with E-state index in [1.54, 1.807) is 18.2 Å². The normalized spacial score (nSPS) is 10.8. The number of nitrogens with one attached hydrogen (secondary N) is 2. The lowest BCUT2D eigenvalue weighted by molar-refractivity contribution is -0.121. The number of rotatable bonds is 7. The van der Waals surface area contributed by atoms with E-state index in [0.717, 1.165) is 11.9 Å². The Balaban J connectivity index is 1.42. The fourth-order valence-corrected chi connectivity index (χ4v) is 2.96. The summed E-state index contributed by atoms with van der Waals surface area (Å²) >= 11 is 12.0. The predicted molar refractivity (Wildman–Crippen MR) is 102 cm³/mol. The largest absolute Gasteiger partial charge is 0.491 e. The Kier molecular flexibility index (Phi) is 5.84. The molecule has 0 bridgehead atoms. The van der Waals surface area contributed by atoms with Crippen LogP contribution in [0.1, 0.15) is 12.0 Å². The summed E-state index contributed by atoms with van der Waals surface area (Å²) in [6, 6.07) is 13.3. The molecule has 0 saturated carbocycles. The van der Waals surface area contributed by atoms with Crippen LogP contribution in [0.4, 0.5) is 0 Å². The maximum Gasteiger partial charge on any atom is 0.223 e. The number of aromatic amines is 1. The lowest BCUT2D eigenvalue weighted by atomic mass is 10.1. The molecule has 1 amide bonds. The molecule has 0 aliphatic carbocycles. The van der Waals surface area contributed by atoms with Gasteiger partial charge in [0.2, 0.25) is 5.91 Å². The van der Waals surface area contributed by atoms with Crippen molar-refractivity contribution in [3.63, 3.8) is 0 Å². The summed E-state index contributed by atoms with van der Waals surface area (Å²) in [7, 11) is 0. The van der Waals surface area contributed by atoms with Crippen LogP contribution in [0.3, 0.4) is 0 Å². The minimum Gasteiger partial charge on any atom is -0.491 e. The van der Waals surface area contributed by atoms with Crippen LogP contribution in [0, 0.1) is 0 Å². The number of carbonyl (C=O) groups is 1. The molecule has 0 saturated heterocycles. The number of aromatic nitrogens is 1. The Morgan fingerprint density at radius 3 is 2.84 bits per heavy atom. The molecule has 0 unspecified atom stereocenters. The predicted octanol–water partition coefficient (Wildman–Crippen LogP) is 4.60. The van der Waals surface area contributed by atoms with Crippen LogP contribution >= 0.6 is 23.2 Å². The number of halogens is 2. The lowest BCUT2D eigenvalue weighted by Crippen LogP contribution is -2.27. The molecule has 3 aromatic rings. The van der Waals surface area contributed by atoms with E-state index in [4.69, 9.17) is 27.9 Å². The van der Waals surface area contributed by atoms with Crippen molar-refractivity contribution in [3.05, 3.63) is 64.3 Å². The third kappa shape index (κ3) is 4.47. The number of H-pyrrole nitrogens is 1. The van der Waals surface area contributed by atoms with Crippen molar-refractivity contribution in [2.24, 2.45) is 0 Å².